The number of hydrogen-bond donors (Lipinski definition) is 3. The van der Waals surface area contributed by atoms with E-state index in [4.69, 9.17) is 4.74 Å². The van der Waals surface area contributed by atoms with Crippen molar-refractivity contribution in [3.63, 3.8) is 0 Å². The van der Waals surface area contributed by atoms with Crippen LogP contribution in [0.25, 0.3) is 0 Å². The molecule has 8 heteroatoms. The van der Waals surface area contributed by atoms with Crippen LogP contribution in [0.4, 0.5) is 4.79 Å². The maximum absolute atomic E-state index is 13.7. The molecule has 36 heavy (non-hydrogen) atoms. The monoisotopic (exact) mass is 505 g/mol. The molecule has 1 aromatic rings. The van der Waals surface area contributed by atoms with Crippen molar-refractivity contribution in [3.05, 3.63) is 29.8 Å². The number of carbonyl (C=O) groups is 3. The summed E-state index contributed by atoms with van der Waals surface area (Å²) >= 11 is 0. The standard InChI is InChI=1S/C28H47N3O5/c1-9-10-11-12-13-14-18-31(25(34)20(2)29-26(35)36-28(6,7)8)23(24(33)30-27(3,4)5)21-16-15-17-22(32)19-21/h15-17,19-20,23,32H,9-14,18H2,1-8H3,(H,29,35)(H,30,33). The second-order valence-electron chi connectivity index (χ2n) is 11.4. The Kier molecular flexibility index (Phi) is 12.2. The largest absolute Gasteiger partial charge is 0.508 e. The molecule has 1 aromatic carbocycles. The van der Waals surface area contributed by atoms with Gasteiger partial charge in [0.25, 0.3) is 0 Å². The fraction of sp³-hybridized carbons (Fsp3) is 0.679. The van der Waals surface area contributed by atoms with Crippen molar-refractivity contribution in [1.82, 2.24) is 15.5 Å². The van der Waals surface area contributed by atoms with Gasteiger partial charge in [-0.15, -0.1) is 0 Å². The summed E-state index contributed by atoms with van der Waals surface area (Å²) in [4.78, 5) is 41.1. The molecule has 0 bridgehead atoms. The first-order valence-electron chi connectivity index (χ1n) is 13.1. The van der Waals surface area contributed by atoms with E-state index >= 15 is 0 Å². The second kappa shape index (κ2) is 14.1. The van der Waals surface area contributed by atoms with Crippen molar-refractivity contribution in [3.8, 4) is 5.75 Å². The molecule has 0 aromatic heterocycles. The summed E-state index contributed by atoms with van der Waals surface area (Å²) in [6.07, 6.45) is 5.42. The number of phenols is 1. The fourth-order valence-electron chi connectivity index (χ4n) is 3.83. The van der Waals surface area contributed by atoms with Gasteiger partial charge >= 0.3 is 6.09 Å². The average Bonchev–Trinajstić information content (AvgIpc) is 2.72. The van der Waals surface area contributed by atoms with E-state index in [-0.39, 0.29) is 11.7 Å². The Hall–Kier alpha value is -2.77. The van der Waals surface area contributed by atoms with Gasteiger partial charge in [0.05, 0.1) is 0 Å². The molecule has 0 aliphatic heterocycles. The Bertz CT molecular complexity index is 857. The molecule has 0 heterocycles. The van der Waals surface area contributed by atoms with Gasteiger partial charge in [-0.25, -0.2) is 4.79 Å². The number of phenolic OH excluding ortho intramolecular Hbond substituents is 1. The van der Waals surface area contributed by atoms with Gasteiger partial charge < -0.3 is 25.4 Å². The number of nitrogens with zero attached hydrogens (tertiary/aromatic N) is 1. The molecule has 1 rings (SSSR count). The van der Waals surface area contributed by atoms with Gasteiger partial charge in [0, 0.05) is 12.1 Å². The van der Waals surface area contributed by atoms with E-state index in [1.54, 1.807) is 39.8 Å². The summed E-state index contributed by atoms with van der Waals surface area (Å²) in [5.41, 5.74) is -0.732. The molecule has 2 unspecified atom stereocenters. The molecule has 0 saturated carbocycles. The summed E-state index contributed by atoms with van der Waals surface area (Å²) in [7, 11) is 0. The number of hydrogen-bond acceptors (Lipinski definition) is 5. The molecular formula is C28H47N3O5. The zero-order valence-corrected chi connectivity index (χ0v) is 23.4. The van der Waals surface area contributed by atoms with Crippen molar-refractivity contribution in [1.29, 1.82) is 0 Å². The third-order valence-corrected chi connectivity index (χ3v) is 5.38. The molecule has 3 N–H and O–H groups in total. The fourth-order valence-corrected chi connectivity index (χ4v) is 3.83. The predicted octanol–water partition coefficient (Wildman–Crippen LogP) is 5.45. The Morgan fingerprint density at radius 2 is 1.61 bits per heavy atom. The Morgan fingerprint density at radius 3 is 2.17 bits per heavy atom. The molecule has 0 aliphatic carbocycles. The number of unbranched alkanes of at least 4 members (excludes halogenated alkanes) is 5. The van der Waals surface area contributed by atoms with E-state index in [0.29, 0.717) is 18.5 Å². The third kappa shape index (κ3) is 11.8. The van der Waals surface area contributed by atoms with Crippen LogP contribution < -0.4 is 10.6 Å². The molecule has 204 valence electrons. The molecule has 0 saturated heterocycles. The van der Waals surface area contributed by atoms with Gasteiger partial charge in [-0.3, -0.25) is 9.59 Å². The van der Waals surface area contributed by atoms with E-state index in [2.05, 4.69) is 17.6 Å². The van der Waals surface area contributed by atoms with Gasteiger partial charge in [-0.1, -0.05) is 51.2 Å². The minimum atomic E-state index is -0.970. The van der Waals surface area contributed by atoms with Crippen LogP contribution in [0.15, 0.2) is 24.3 Å². The summed E-state index contributed by atoms with van der Waals surface area (Å²) in [5, 5.41) is 15.7. The second-order valence-corrected chi connectivity index (χ2v) is 11.4. The molecular weight excluding hydrogens is 458 g/mol. The molecule has 2 atom stereocenters. The minimum Gasteiger partial charge on any atom is -0.508 e. The maximum atomic E-state index is 13.7. The highest BCUT2D eigenvalue weighted by molar-refractivity contribution is 5.92. The predicted molar refractivity (Wildman–Crippen MR) is 143 cm³/mol. The van der Waals surface area contributed by atoms with Crippen LogP contribution >= 0.6 is 0 Å². The van der Waals surface area contributed by atoms with Crippen LogP contribution in [0.5, 0.6) is 5.75 Å². The quantitative estimate of drug-likeness (QED) is 0.327. The van der Waals surface area contributed by atoms with Crippen molar-refractivity contribution in [2.24, 2.45) is 0 Å². The number of aromatic hydroxyl groups is 1. The lowest BCUT2D eigenvalue weighted by Gasteiger charge is -2.35. The van der Waals surface area contributed by atoms with Crippen molar-refractivity contribution >= 4 is 17.9 Å². The third-order valence-electron chi connectivity index (χ3n) is 5.38. The van der Waals surface area contributed by atoms with Gasteiger partial charge in [0.2, 0.25) is 11.8 Å². The van der Waals surface area contributed by atoms with E-state index in [9.17, 15) is 19.5 Å². The van der Waals surface area contributed by atoms with Crippen molar-refractivity contribution in [2.75, 3.05) is 6.54 Å². The number of rotatable bonds is 12. The number of alkyl carbamates (subject to hydrolysis) is 1. The molecule has 0 aliphatic rings. The smallest absolute Gasteiger partial charge is 0.408 e. The number of nitrogens with one attached hydrogen (secondary N) is 2. The Morgan fingerprint density at radius 1 is 1.00 bits per heavy atom. The molecule has 0 radical (unpaired) electrons. The van der Waals surface area contributed by atoms with Crippen LogP contribution in [0.2, 0.25) is 0 Å². The zero-order valence-electron chi connectivity index (χ0n) is 23.4. The minimum absolute atomic E-state index is 0.00736. The van der Waals surface area contributed by atoms with Crippen LogP contribution in [0.1, 0.15) is 106 Å². The lowest BCUT2D eigenvalue weighted by molar-refractivity contribution is -0.142. The number of amides is 3. The van der Waals surface area contributed by atoms with Crippen LogP contribution in [0, 0.1) is 0 Å². The highest BCUT2D eigenvalue weighted by atomic mass is 16.6. The summed E-state index contributed by atoms with van der Waals surface area (Å²) in [6, 6.07) is 4.51. The normalized spacial score (nSPS) is 13.4. The van der Waals surface area contributed by atoms with Gasteiger partial charge in [0.1, 0.15) is 23.4 Å². The first-order chi connectivity index (χ1) is 16.6. The average molecular weight is 506 g/mol. The van der Waals surface area contributed by atoms with Crippen LogP contribution in [-0.2, 0) is 14.3 Å². The maximum Gasteiger partial charge on any atom is 0.408 e. The number of carbonyl (C=O) groups excluding carboxylic acids is 3. The van der Waals surface area contributed by atoms with Crippen molar-refractivity contribution in [2.45, 2.75) is 117 Å². The number of ether oxygens (including phenoxy) is 1. The van der Waals surface area contributed by atoms with E-state index in [1.165, 1.54) is 23.5 Å². The molecule has 0 spiro atoms. The highest BCUT2D eigenvalue weighted by Gasteiger charge is 2.35. The summed E-state index contributed by atoms with van der Waals surface area (Å²) < 4.78 is 5.32. The topological polar surface area (TPSA) is 108 Å². The Labute approximate surface area is 217 Å². The highest BCUT2D eigenvalue weighted by Crippen LogP contribution is 2.27. The SMILES string of the molecule is CCCCCCCCN(C(=O)C(C)NC(=O)OC(C)(C)C)C(C(=O)NC(C)(C)C)c1cccc(O)c1. The van der Waals surface area contributed by atoms with Gasteiger partial charge in [-0.2, -0.15) is 0 Å². The van der Waals surface area contributed by atoms with Gasteiger partial charge in [-0.05, 0) is 72.6 Å². The molecule has 3 amide bonds. The van der Waals surface area contributed by atoms with E-state index in [1.807, 2.05) is 20.8 Å². The lowest BCUT2D eigenvalue weighted by atomic mass is 10.00. The lowest BCUT2D eigenvalue weighted by Crippen LogP contribution is -2.54. The van der Waals surface area contributed by atoms with Crippen LogP contribution in [0.3, 0.4) is 0 Å². The van der Waals surface area contributed by atoms with Crippen LogP contribution in [-0.4, -0.2) is 51.6 Å². The first-order valence-corrected chi connectivity index (χ1v) is 13.1. The first kappa shape index (κ1) is 31.3. The van der Waals surface area contributed by atoms with Gasteiger partial charge in [0.15, 0.2) is 0 Å². The summed E-state index contributed by atoms with van der Waals surface area (Å²) in [6.45, 7) is 14.9. The molecule has 0 fully saturated rings. The zero-order chi connectivity index (χ0) is 27.5. The summed E-state index contributed by atoms with van der Waals surface area (Å²) in [5.74, 6) is -0.739. The van der Waals surface area contributed by atoms with Crippen molar-refractivity contribution < 1.29 is 24.2 Å². The number of benzene rings is 1. The van der Waals surface area contributed by atoms with E-state index in [0.717, 1.165) is 25.7 Å². The molecule has 8 nitrogen and oxygen atoms in total. The Balaban J connectivity index is 3.28. The van der Waals surface area contributed by atoms with E-state index < -0.39 is 35.2 Å².